The number of hydrogen-bond donors (Lipinski definition) is 3. The zero-order valence-corrected chi connectivity index (χ0v) is 16.2. The summed E-state index contributed by atoms with van der Waals surface area (Å²) >= 11 is 0. The van der Waals surface area contributed by atoms with Gasteiger partial charge in [0.25, 0.3) is 0 Å². The number of hydrogen-bond acceptors (Lipinski definition) is 7. The average molecular weight is 399 g/mol. The van der Waals surface area contributed by atoms with Crippen LogP contribution >= 0.6 is 0 Å². The Morgan fingerprint density at radius 1 is 1.21 bits per heavy atom. The van der Waals surface area contributed by atoms with Crippen molar-refractivity contribution in [3.8, 4) is 23.4 Å². The summed E-state index contributed by atoms with van der Waals surface area (Å²) in [6.45, 7) is 2.51. The van der Waals surface area contributed by atoms with E-state index in [1.165, 1.54) is 0 Å². The number of methoxy groups -OCH3 is 1. The fraction of sp³-hybridized carbons (Fsp3) is 0.200. The van der Waals surface area contributed by atoms with Gasteiger partial charge in [0, 0.05) is 30.0 Å². The van der Waals surface area contributed by atoms with E-state index in [0.717, 1.165) is 11.3 Å². The van der Waals surface area contributed by atoms with Crippen molar-refractivity contribution in [3.63, 3.8) is 0 Å². The van der Waals surface area contributed by atoms with Crippen LogP contribution in [-0.2, 0) is 16.1 Å². The van der Waals surface area contributed by atoms with E-state index in [1.807, 2.05) is 26.1 Å². The fourth-order valence-corrected chi connectivity index (χ4v) is 2.15. The minimum absolute atomic E-state index is 0.289. The van der Waals surface area contributed by atoms with Crippen molar-refractivity contribution in [2.45, 2.75) is 13.5 Å². The molecular formula is C20H21N3O6. The lowest BCUT2D eigenvalue weighted by Crippen LogP contribution is -2.07. The molecule has 2 rings (SSSR count). The Labute approximate surface area is 167 Å². The van der Waals surface area contributed by atoms with Crippen LogP contribution in [0.2, 0.25) is 0 Å². The number of ether oxygens (including phenoxy) is 2. The largest absolute Gasteiger partial charge is 0.492 e. The van der Waals surface area contributed by atoms with E-state index in [1.54, 1.807) is 25.3 Å². The second-order valence-corrected chi connectivity index (χ2v) is 5.51. The van der Waals surface area contributed by atoms with Crippen molar-refractivity contribution in [2.75, 3.05) is 14.2 Å². The summed E-state index contributed by atoms with van der Waals surface area (Å²) in [6, 6.07) is 11.2. The van der Waals surface area contributed by atoms with Crippen LogP contribution in [-0.4, -0.2) is 41.3 Å². The lowest BCUT2D eigenvalue weighted by molar-refractivity contribution is -0.134. The van der Waals surface area contributed by atoms with Crippen LogP contribution in [0.1, 0.15) is 16.8 Å². The van der Waals surface area contributed by atoms with Crippen LogP contribution in [0.4, 0.5) is 0 Å². The Bertz CT molecular complexity index is 918. The van der Waals surface area contributed by atoms with Gasteiger partial charge in [-0.25, -0.2) is 14.6 Å². The average Bonchev–Trinajstić information content (AvgIpc) is 2.68. The fourth-order valence-electron chi connectivity index (χ4n) is 2.15. The van der Waals surface area contributed by atoms with Gasteiger partial charge in [0.2, 0.25) is 5.88 Å². The number of carboxylic acids is 2. The summed E-state index contributed by atoms with van der Waals surface area (Å²) in [5, 5.41) is 27.8. The summed E-state index contributed by atoms with van der Waals surface area (Å²) in [7, 11) is 3.46. The van der Waals surface area contributed by atoms with Crippen molar-refractivity contribution in [2.24, 2.45) is 0 Å². The predicted molar refractivity (Wildman–Crippen MR) is 104 cm³/mol. The minimum Gasteiger partial charge on any atom is -0.492 e. The van der Waals surface area contributed by atoms with Gasteiger partial charge in [0.05, 0.1) is 7.11 Å². The van der Waals surface area contributed by atoms with E-state index in [4.69, 9.17) is 24.9 Å². The number of para-hydroxylation sites is 1. The Hall–Kier alpha value is -3.90. The van der Waals surface area contributed by atoms with Gasteiger partial charge in [-0.05, 0) is 32.2 Å². The predicted octanol–water partition coefficient (Wildman–Crippen LogP) is 2.49. The summed E-state index contributed by atoms with van der Waals surface area (Å²) in [6.07, 6.45) is 1.12. The molecule has 9 nitrogen and oxygen atoms in total. The normalized spacial score (nSPS) is 9.86. The summed E-state index contributed by atoms with van der Waals surface area (Å²) in [4.78, 5) is 23.4. The highest BCUT2D eigenvalue weighted by Crippen LogP contribution is 2.34. The minimum atomic E-state index is -1.26. The number of pyridine rings is 1. The van der Waals surface area contributed by atoms with Gasteiger partial charge < -0.3 is 25.0 Å². The number of aryl methyl sites for hydroxylation is 1. The first kappa shape index (κ1) is 23.1. The van der Waals surface area contributed by atoms with Gasteiger partial charge in [-0.2, -0.15) is 5.26 Å². The first-order valence-electron chi connectivity index (χ1n) is 8.32. The van der Waals surface area contributed by atoms with Crippen LogP contribution in [0.15, 0.2) is 42.5 Å². The van der Waals surface area contributed by atoms with Gasteiger partial charge in [-0.15, -0.1) is 0 Å². The van der Waals surface area contributed by atoms with Crippen molar-refractivity contribution in [3.05, 3.63) is 59.3 Å². The highest BCUT2D eigenvalue weighted by Gasteiger charge is 2.13. The van der Waals surface area contributed by atoms with E-state index >= 15 is 0 Å². The number of carbonyl (C=O) groups is 2. The maximum atomic E-state index is 9.55. The van der Waals surface area contributed by atoms with Crippen LogP contribution in [0.5, 0.6) is 17.4 Å². The second kappa shape index (κ2) is 11.7. The van der Waals surface area contributed by atoms with E-state index in [2.05, 4.69) is 16.4 Å². The Morgan fingerprint density at radius 2 is 1.86 bits per heavy atom. The lowest BCUT2D eigenvalue weighted by atomic mass is 10.2. The number of rotatable bonds is 7. The summed E-state index contributed by atoms with van der Waals surface area (Å²) in [5.41, 5.74) is 2.15. The van der Waals surface area contributed by atoms with Crippen molar-refractivity contribution in [1.29, 1.82) is 5.26 Å². The van der Waals surface area contributed by atoms with Gasteiger partial charge in [0.1, 0.15) is 11.6 Å². The topological polar surface area (TPSA) is 142 Å². The van der Waals surface area contributed by atoms with Crippen molar-refractivity contribution < 1.29 is 29.3 Å². The Balaban J connectivity index is 0.000000447. The molecule has 0 unspecified atom stereocenters. The third-order valence-corrected chi connectivity index (χ3v) is 3.33. The number of benzene rings is 1. The second-order valence-electron chi connectivity index (χ2n) is 5.51. The number of carboxylic acid groups (broad SMARTS) is 2. The van der Waals surface area contributed by atoms with Gasteiger partial charge in [-0.3, -0.25) is 0 Å². The molecule has 0 bridgehead atoms. The van der Waals surface area contributed by atoms with E-state index < -0.39 is 11.9 Å². The van der Waals surface area contributed by atoms with Crippen LogP contribution in [0.3, 0.4) is 0 Å². The van der Waals surface area contributed by atoms with Crippen molar-refractivity contribution >= 4 is 11.9 Å². The molecule has 1 aromatic heterocycles. The molecule has 0 atom stereocenters. The highest BCUT2D eigenvalue weighted by atomic mass is 16.5. The number of aromatic nitrogens is 1. The molecule has 1 heterocycles. The van der Waals surface area contributed by atoms with Gasteiger partial charge in [-0.1, -0.05) is 12.1 Å². The molecule has 0 aliphatic carbocycles. The maximum Gasteiger partial charge on any atom is 0.328 e. The molecule has 0 saturated carbocycles. The number of nitrogens with one attached hydrogen (secondary N) is 1. The lowest BCUT2D eigenvalue weighted by Gasteiger charge is -2.14. The molecule has 0 fully saturated rings. The molecule has 3 N–H and O–H groups in total. The maximum absolute atomic E-state index is 9.55. The zero-order chi connectivity index (χ0) is 21.8. The molecule has 152 valence electrons. The molecule has 29 heavy (non-hydrogen) atoms. The molecule has 0 aliphatic rings. The molecule has 0 radical (unpaired) electrons. The summed E-state index contributed by atoms with van der Waals surface area (Å²) < 4.78 is 11.2. The van der Waals surface area contributed by atoms with Gasteiger partial charge >= 0.3 is 11.9 Å². The Morgan fingerprint density at radius 3 is 2.38 bits per heavy atom. The van der Waals surface area contributed by atoms with Crippen molar-refractivity contribution in [1.82, 2.24) is 10.3 Å². The molecule has 0 amide bonds. The molecule has 2 aromatic rings. The number of nitrogens with zero attached hydrogens (tertiary/aromatic N) is 2. The van der Waals surface area contributed by atoms with Crippen LogP contribution in [0.25, 0.3) is 0 Å². The molecule has 0 saturated heterocycles. The standard InChI is InChI=1S/C16H17N3O2.C4H4O4/c1-11-7-8-12(9-17)16(19-11)21-14-6-4-5-13(10-18-2)15(14)20-3;5-3(6)1-2-4(7)8/h4-8,18H,10H2,1-3H3;1-2H,(H,5,6)(H,7,8). The molecule has 0 aliphatic heterocycles. The monoisotopic (exact) mass is 399 g/mol. The molecule has 9 heteroatoms. The molecular weight excluding hydrogens is 378 g/mol. The van der Waals surface area contributed by atoms with Crippen LogP contribution < -0.4 is 14.8 Å². The highest BCUT2D eigenvalue weighted by molar-refractivity contribution is 5.89. The zero-order valence-electron chi connectivity index (χ0n) is 16.2. The smallest absolute Gasteiger partial charge is 0.328 e. The van der Waals surface area contributed by atoms with E-state index in [0.29, 0.717) is 35.8 Å². The first-order chi connectivity index (χ1) is 13.8. The first-order valence-corrected chi connectivity index (χ1v) is 8.32. The third-order valence-electron chi connectivity index (χ3n) is 3.33. The quantitative estimate of drug-likeness (QED) is 0.598. The summed E-state index contributed by atoms with van der Waals surface area (Å²) in [5.74, 6) is -1.05. The Kier molecular flexibility index (Phi) is 9.37. The van der Waals surface area contributed by atoms with E-state index in [9.17, 15) is 9.59 Å². The van der Waals surface area contributed by atoms with E-state index in [-0.39, 0.29) is 5.88 Å². The number of aliphatic carboxylic acids is 2. The number of nitriles is 1. The SMILES string of the molecule is CNCc1cccc(Oc2nc(C)ccc2C#N)c1OC.O=C(O)C=CC(=O)O. The third kappa shape index (κ3) is 7.70. The van der Waals surface area contributed by atoms with Crippen LogP contribution in [0, 0.1) is 18.3 Å². The van der Waals surface area contributed by atoms with Gasteiger partial charge in [0.15, 0.2) is 11.5 Å². The molecule has 1 aromatic carbocycles. The molecule has 0 spiro atoms.